The third kappa shape index (κ3) is 1.70. The molecule has 1 aliphatic heterocycles. The van der Waals surface area contributed by atoms with Gasteiger partial charge in [-0.2, -0.15) is 0 Å². The van der Waals surface area contributed by atoms with Gasteiger partial charge < -0.3 is 10.3 Å². The van der Waals surface area contributed by atoms with Crippen molar-refractivity contribution in [2.45, 2.75) is 12.5 Å². The summed E-state index contributed by atoms with van der Waals surface area (Å²) in [4.78, 5) is 16.2. The van der Waals surface area contributed by atoms with Gasteiger partial charge >= 0.3 is 0 Å². The van der Waals surface area contributed by atoms with Crippen LogP contribution in [0.2, 0.25) is 0 Å². The first kappa shape index (κ1) is 10.6. The topological polar surface area (TPSA) is 66.5 Å². The van der Waals surface area contributed by atoms with Crippen LogP contribution in [-0.4, -0.2) is 26.5 Å². The average molecular weight is 251 g/mol. The van der Waals surface area contributed by atoms with Crippen molar-refractivity contribution in [3.63, 3.8) is 0 Å². The van der Waals surface area contributed by atoms with Crippen LogP contribution in [0.4, 0.5) is 0 Å². The second-order valence-corrected chi connectivity index (χ2v) is 4.70. The normalized spacial score (nSPS) is 18.4. The lowest BCUT2D eigenvalue weighted by atomic mass is 9.94. The monoisotopic (exact) mass is 251 g/mol. The van der Waals surface area contributed by atoms with Crippen LogP contribution in [0.5, 0.6) is 0 Å². The number of H-pyrrole nitrogens is 1. The van der Waals surface area contributed by atoms with Crippen LogP contribution in [-0.2, 0) is 6.42 Å². The van der Waals surface area contributed by atoms with Crippen molar-refractivity contribution in [2.75, 3.05) is 6.54 Å². The van der Waals surface area contributed by atoms with E-state index >= 15 is 0 Å². The summed E-state index contributed by atoms with van der Waals surface area (Å²) in [6.07, 6.45) is 4.49. The number of hydrogen-bond acceptors (Lipinski definition) is 4. The van der Waals surface area contributed by atoms with Gasteiger partial charge in [0.15, 0.2) is 11.5 Å². The Labute approximate surface area is 110 Å². The maximum atomic E-state index is 4.54. The average Bonchev–Trinajstić information content (AvgIpc) is 2.94. The van der Waals surface area contributed by atoms with Crippen LogP contribution < -0.4 is 5.32 Å². The van der Waals surface area contributed by atoms with Crippen molar-refractivity contribution in [1.82, 2.24) is 25.3 Å². The fourth-order valence-electron chi connectivity index (χ4n) is 2.62. The number of aromatic nitrogens is 4. The summed E-state index contributed by atoms with van der Waals surface area (Å²) in [5.74, 6) is 0.784. The maximum absolute atomic E-state index is 4.54. The first-order chi connectivity index (χ1) is 9.42. The number of fused-ring (bicyclic) bond motifs is 2. The van der Waals surface area contributed by atoms with Crippen molar-refractivity contribution in [3.05, 3.63) is 53.7 Å². The highest BCUT2D eigenvalue weighted by Crippen LogP contribution is 2.26. The molecule has 0 fully saturated rings. The van der Waals surface area contributed by atoms with Crippen molar-refractivity contribution in [2.24, 2.45) is 0 Å². The molecule has 0 aliphatic carbocycles. The molecule has 0 saturated carbocycles. The lowest BCUT2D eigenvalue weighted by Gasteiger charge is -2.25. The molecule has 1 atom stereocenters. The smallest absolute Gasteiger partial charge is 0.180 e. The summed E-state index contributed by atoms with van der Waals surface area (Å²) < 4.78 is 0. The van der Waals surface area contributed by atoms with Gasteiger partial charge in [-0.1, -0.05) is 24.3 Å². The Morgan fingerprint density at radius 3 is 3.11 bits per heavy atom. The standard InChI is InChI=1S/C14H13N5/c1-2-4-10-9(3-1)5-6-15-12(10)14-16-7-11-13(19-14)18-8-17-11/h1-4,7-8,12,15H,5-6H2,(H,16,17,18,19). The molecule has 4 rings (SSSR count). The maximum Gasteiger partial charge on any atom is 0.180 e. The van der Waals surface area contributed by atoms with E-state index in [4.69, 9.17) is 0 Å². The summed E-state index contributed by atoms with van der Waals surface area (Å²) in [5.41, 5.74) is 4.23. The van der Waals surface area contributed by atoms with E-state index in [0.717, 1.165) is 30.0 Å². The largest absolute Gasteiger partial charge is 0.342 e. The number of nitrogens with zero attached hydrogens (tertiary/aromatic N) is 3. The molecule has 0 radical (unpaired) electrons. The van der Waals surface area contributed by atoms with Crippen molar-refractivity contribution in [1.29, 1.82) is 0 Å². The van der Waals surface area contributed by atoms with Crippen LogP contribution in [0.3, 0.4) is 0 Å². The van der Waals surface area contributed by atoms with Crippen LogP contribution in [0, 0.1) is 0 Å². The molecule has 3 aromatic rings. The van der Waals surface area contributed by atoms with Gasteiger partial charge in [0.2, 0.25) is 0 Å². The molecular formula is C14H13N5. The number of hydrogen-bond donors (Lipinski definition) is 2. The molecule has 1 aromatic carbocycles. The first-order valence-corrected chi connectivity index (χ1v) is 6.39. The predicted octanol–water partition coefficient (Wildman–Crippen LogP) is 1.59. The lowest BCUT2D eigenvalue weighted by molar-refractivity contribution is 0.545. The summed E-state index contributed by atoms with van der Waals surface area (Å²) in [7, 11) is 0. The Kier molecular flexibility index (Phi) is 2.31. The summed E-state index contributed by atoms with van der Waals surface area (Å²) in [5, 5.41) is 3.49. The SMILES string of the molecule is c1ccc2c(c1)CCNC2c1ncc2[nH]cnc2n1. The van der Waals surface area contributed by atoms with E-state index in [1.54, 1.807) is 12.5 Å². The molecule has 0 bridgehead atoms. The summed E-state index contributed by atoms with van der Waals surface area (Å²) >= 11 is 0. The van der Waals surface area contributed by atoms with E-state index in [2.05, 4.69) is 49.5 Å². The molecule has 3 heterocycles. The van der Waals surface area contributed by atoms with E-state index in [0.29, 0.717) is 0 Å². The second kappa shape index (κ2) is 4.13. The van der Waals surface area contributed by atoms with Crippen molar-refractivity contribution >= 4 is 11.2 Å². The van der Waals surface area contributed by atoms with Gasteiger partial charge in [-0.25, -0.2) is 15.0 Å². The third-order valence-electron chi connectivity index (χ3n) is 3.56. The summed E-state index contributed by atoms with van der Waals surface area (Å²) in [6.45, 7) is 0.948. The van der Waals surface area contributed by atoms with E-state index in [1.165, 1.54) is 11.1 Å². The molecule has 5 heteroatoms. The van der Waals surface area contributed by atoms with E-state index in [-0.39, 0.29) is 6.04 Å². The number of imidazole rings is 1. The Bertz CT molecular complexity index is 733. The number of nitrogens with one attached hydrogen (secondary N) is 2. The second-order valence-electron chi connectivity index (χ2n) is 4.70. The fourth-order valence-corrected chi connectivity index (χ4v) is 2.62. The van der Waals surface area contributed by atoms with E-state index in [1.807, 2.05) is 0 Å². The van der Waals surface area contributed by atoms with E-state index < -0.39 is 0 Å². The zero-order valence-electron chi connectivity index (χ0n) is 10.3. The van der Waals surface area contributed by atoms with Crippen LogP contribution in [0.15, 0.2) is 36.8 Å². The highest BCUT2D eigenvalue weighted by molar-refractivity contribution is 5.68. The van der Waals surface area contributed by atoms with Crippen molar-refractivity contribution < 1.29 is 0 Å². The van der Waals surface area contributed by atoms with Gasteiger partial charge in [-0.05, 0) is 17.5 Å². The quantitative estimate of drug-likeness (QED) is 0.689. The number of benzene rings is 1. The Morgan fingerprint density at radius 1 is 1.16 bits per heavy atom. The number of rotatable bonds is 1. The van der Waals surface area contributed by atoms with E-state index in [9.17, 15) is 0 Å². The number of aromatic amines is 1. The van der Waals surface area contributed by atoms with Gasteiger partial charge in [-0.3, -0.25) is 0 Å². The molecule has 2 aromatic heterocycles. The lowest BCUT2D eigenvalue weighted by Crippen LogP contribution is -2.31. The minimum atomic E-state index is 0.0612. The molecule has 0 spiro atoms. The van der Waals surface area contributed by atoms with Crippen LogP contribution in [0.1, 0.15) is 23.0 Å². The molecule has 19 heavy (non-hydrogen) atoms. The molecule has 94 valence electrons. The Hall–Kier alpha value is -2.27. The Morgan fingerprint density at radius 2 is 2.11 bits per heavy atom. The Balaban J connectivity index is 1.84. The molecule has 2 N–H and O–H groups in total. The molecule has 5 nitrogen and oxygen atoms in total. The van der Waals surface area contributed by atoms with Gasteiger partial charge in [0, 0.05) is 6.54 Å². The van der Waals surface area contributed by atoms with Gasteiger partial charge in [-0.15, -0.1) is 0 Å². The molecular weight excluding hydrogens is 238 g/mol. The third-order valence-corrected chi connectivity index (χ3v) is 3.56. The van der Waals surface area contributed by atoms with Gasteiger partial charge in [0.05, 0.1) is 18.6 Å². The minimum Gasteiger partial charge on any atom is -0.342 e. The highest BCUT2D eigenvalue weighted by Gasteiger charge is 2.23. The highest BCUT2D eigenvalue weighted by atomic mass is 15.1. The zero-order valence-corrected chi connectivity index (χ0v) is 10.3. The van der Waals surface area contributed by atoms with Crippen LogP contribution in [0.25, 0.3) is 11.2 Å². The molecule has 1 aliphatic rings. The van der Waals surface area contributed by atoms with Gasteiger partial charge in [0.1, 0.15) is 5.52 Å². The predicted molar refractivity (Wildman–Crippen MR) is 71.7 cm³/mol. The molecule has 0 amide bonds. The minimum absolute atomic E-state index is 0.0612. The molecule has 0 saturated heterocycles. The van der Waals surface area contributed by atoms with Gasteiger partial charge in [0.25, 0.3) is 0 Å². The fraction of sp³-hybridized carbons (Fsp3) is 0.214. The van der Waals surface area contributed by atoms with Crippen molar-refractivity contribution in [3.8, 4) is 0 Å². The first-order valence-electron chi connectivity index (χ1n) is 6.39. The summed E-state index contributed by atoms with van der Waals surface area (Å²) in [6, 6.07) is 8.52. The zero-order chi connectivity index (χ0) is 12.7. The van der Waals surface area contributed by atoms with Crippen LogP contribution >= 0.6 is 0 Å². The molecule has 1 unspecified atom stereocenters.